The monoisotopic (exact) mass is 737 g/mol. The molecule has 2 aliphatic rings. The Labute approximate surface area is 324 Å². The highest BCUT2D eigenvalue weighted by molar-refractivity contribution is 5.72. The minimum absolute atomic E-state index is 0.220. The number of allylic oxidation sites excluding steroid dienone is 2. The second-order valence-corrected chi connectivity index (χ2v) is 15.0. The van der Waals surface area contributed by atoms with Gasteiger partial charge in [-0.05, 0) is 132 Å². The van der Waals surface area contributed by atoms with Gasteiger partial charge in [-0.2, -0.15) is 0 Å². The van der Waals surface area contributed by atoms with Crippen LogP contribution in [0.1, 0.15) is 80.3 Å². The fourth-order valence-electron chi connectivity index (χ4n) is 7.04. The third-order valence-corrected chi connectivity index (χ3v) is 9.78. The summed E-state index contributed by atoms with van der Waals surface area (Å²) >= 11 is 0. The van der Waals surface area contributed by atoms with Crippen LogP contribution < -0.4 is 15.4 Å². The summed E-state index contributed by atoms with van der Waals surface area (Å²) in [7, 11) is 4.21. The van der Waals surface area contributed by atoms with E-state index in [-0.39, 0.29) is 6.04 Å². The summed E-state index contributed by atoms with van der Waals surface area (Å²) in [4.78, 5) is 21.3. The molecule has 5 rings (SSSR count). The van der Waals surface area contributed by atoms with Crippen molar-refractivity contribution in [3.8, 4) is 5.75 Å². The molecule has 10 nitrogen and oxygen atoms in total. The number of benzene rings is 1. The van der Waals surface area contributed by atoms with Gasteiger partial charge < -0.3 is 20.1 Å². The Kier molecular flexibility index (Phi) is 18.2. The standard InChI is InChI=1S/C44H64N8O2/c1-50(2)26-14-3-4-20-44(53)49-25-13-15-27-54-43-29-37(31-51(33-39-16-5-9-21-45-39)34-40-17-6-10-22-46-40)28-38(30-43)32-52(35-41-18-7-11-23-47-41)36-42-19-8-12-24-48-42/h5-7,9-11,16,18-19,21-23,28-30,40,44,48-49,53H,3-4,8,12-15,17,20,24-27,31-36H2,1-2H3. The number of hydrogen-bond acceptors (Lipinski definition) is 10. The Morgan fingerprint density at radius 3 is 2.30 bits per heavy atom. The first-order valence-corrected chi connectivity index (χ1v) is 20.2. The molecule has 0 fully saturated rings. The average Bonchev–Trinajstić information content (AvgIpc) is 3.17. The van der Waals surface area contributed by atoms with E-state index >= 15 is 0 Å². The molecule has 0 saturated carbocycles. The average molecular weight is 737 g/mol. The van der Waals surface area contributed by atoms with E-state index in [1.807, 2.05) is 36.8 Å². The molecule has 10 heteroatoms. The van der Waals surface area contributed by atoms with Gasteiger partial charge in [0.25, 0.3) is 0 Å². The number of pyridine rings is 2. The Morgan fingerprint density at radius 1 is 0.870 bits per heavy atom. The van der Waals surface area contributed by atoms with E-state index in [9.17, 15) is 5.11 Å². The number of unbranched alkanes of at least 4 members (excludes halogenated alkanes) is 3. The van der Waals surface area contributed by atoms with Crippen LogP contribution in [0.3, 0.4) is 0 Å². The first kappa shape index (κ1) is 41.2. The number of nitrogens with zero attached hydrogens (tertiary/aromatic N) is 6. The number of aliphatic imine (C=N–C) groups is 1. The second kappa shape index (κ2) is 23.8. The first-order chi connectivity index (χ1) is 26.5. The number of dihydropyridines is 1. The van der Waals surface area contributed by atoms with Crippen molar-refractivity contribution in [3.05, 3.63) is 113 Å². The second-order valence-electron chi connectivity index (χ2n) is 15.0. The minimum atomic E-state index is -0.442. The van der Waals surface area contributed by atoms with Crippen LogP contribution in [0.2, 0.25) is 0 Å². The molecule has 0 spiro atoms. The molecule has 0 bridgehead atoms. The van der Waals surface area contributed by atoms with Crippen LogP contribution in [0.4, 0.5) is 0 Å². The third-order valence-electron chi connectivity index (χ3n) is 9.78. The smallest absolute Gasteiger partial charge is 0.119 e. The van der Waals surface area contributed by atoms with Gasteiger partial charge in [-0.15, -0.1) is 0 Å². The van der Waals surface area contributed by atoms with Crippen molar-refractivity contribution in [3.63, 3.8) is 0 Å². The molecule has 2 atom stereocenters. The third kappa shape index (κ3) is 16.2. The summed E-state index contributed by atoms with van der Waals surface area (Å²) in [5, 5.41) is 17.3. The van der Waals surface area contributed by atoms with Crippen molar-refractivity contribution >= 4 is 6.21 Å². The molecule has 0 saturated heterocycles. The van der Waals surface area contributed by atoms with Gasteiger partial charge in [-0.3, -0.25) is 30.1 Å². The fourth-order valence-corrected chi connectivity index (χ4v) is 7.04. The van der Waals surface area contributed by atoms with Crippen LogP contribution >= 0.6 is 0 Å². The fraction of sp³-hybridized carbons (Fsp3) is 0.523. The van der Waals surface area contributed by atoms with Crippen LogP contribution in [-0.2, 0) is 26.2 Å². The Bertz CT molecular complexity index is 1570. The largest absolute Gasteiger partial charge is 0.494 e. The quantitative estimate of drug-likeness (QED) is 0.0680. The van der Waals surface area contributed by atoms with Crippen LogP contribution in [0.25, 0.3) is 0 Å². The Morgan fingerprint density at radius 2 is 1.63 bits per heavy atom. The molecule has 3 aromatic rings. The van der Waals surface area contributed by atoms with Gasteiger partial charge in [0.15, 0.2) is 0 Å². The maximum Gasteiger partial charge on any atom is 0.119 e. The molecule has 1 aromatic carbocycles. The predicted octanol–water partition coefficient (Wildman–Crippen LogP) is 6.34. The van der Waals surface area contributed by atoms with E-state index in [1.54, 1.807) is 0 Å². The van der Waals surface area contributed by atoms with E-state index < -0.39 is 6.23 Å². The van der Waals surface area contributed by atoms with Crippen molar-refractivity contribution < 1.29 is 9.84 Å². The molecule has 0 radical (unpaired) electrons. The number of aliphatic hydroxyl groups is 1. The van der Waals surface area contributed by atoms with Gasteiger partial charge >= 0.3 is 0 Å². The topological polar surface area (TPSA) is 101 Å². The molecular formula is C44H64N8O2. The lowest BCUT2D eigenvalue weighted by Gasteiger charge is -2.28. The van der Waals surface area contributed by atoms with Crippen LogP contribution in [0, 0.1) is 0 Å². The van der Waals surface area contributed by atoms with Gasteiger partial charge in [-0.25, -0.2) is 0 Å². The molecule has 2 aromatic heterocycles. The number of hydrogen-bond donors (Lipinski definition) is 3. The highest BCUT2D eigenvalue weighted by atomic mass is 16.5. The highest BCUT2D eigenvalue weighted by Gasteiger charge is 2.18. The number of aliphatic hydroxyl groups excluding tert-OH is 1. The summed E-state index contributed by atoms with van der Waals surface area (Å²) in [6.45, 7) is 8.25. The van der Waals surface area contributed by atoms with E-state index in [4.69, 9.17) is 9.73 Å². The molecule has 4 heterocycles. The minimum Gasteiger partial charge on any atom is -0.494 e. The van der Waals surface area contributed by atoms with Crippen molar-refractivity contribution in [2.75, 3.05) is 53.4 Å². The normalized spacial score (nSPS) is 16.2. The maximum absolute atomic E-state index is 10.4. The highest BCUT2D eigenvalue weighted by Crippen LogP contribution is 2.23. The van der Waals surface area contributed by atoms with Crippen molar-refractivity contribution in [2.24, 2.45) is 4.99 Å². The summed E-state index contributed by atoms with van der Waals surface area (Å²) in [5.74, 6) is 0.900. The summed E-state index contributed by atoms with van der Waals surface area (Å²) in [5.41, 5.74) is 5.85. The predicted molar refractivity (Wildman–Crippen MR) is 220 cm³/mol. The number of nitrogens with one attached hydrogen (secondary N) is 2. The van der Waals surface area contributed by atoms with Gasteiger partial charge in [0, 0.05) is 70.1 Å². The van der Waals surface area contributed by atoms with Gasteiger partial charge in [-0.1, -0.05) is 36.8 Å². The molecule has 292 valence electrons. The van der Waals surface area contributed by atoms with Crippen LogP contribution in [-0.4, -0.2) is 102 Å². The zero-order valence-corrected chi connectivity index (χ0v) is 32.8. The van der Waals surface area contributed by atoms with Crippen LogP contribution in [0.15, 0.2) is 95.9 Å². The lowest BCUT2D eigenvalue weighted by Crippen LogP contribution is -2.32. The SMILES string of the molecule is CN(C)CCCCCC(O)NCCCCOc1cc(CN(CC2=CCCCN2)Cc2ccccn2)cc(CN(Cc2ccccn2)CC2CC=CC=N2)c1. The van der Waals surface area contributed by atoms with E-state index in [0.29, 0.717) is 6.61 Å². The lowest BCUT2D eigenvalue weighted by molar-refractivity contribution is 0.123. The van der Waals surface area contributed by atoms with E-state index in [1.165, 1.54) is 29.7 Å². The summed E-state index contributed by atoms with van der Waals surface area (Å²) < 4.78 is 6.49. The maximum atomic E-state index is 10.4. The molecule has 2 unspecified atom stereocenters. The van der Waals surface area contributed by atoms with Crippen molar-refractivity contribution in [2.45, 2.75) is 96.2 Å². The summed E-state index contributed by atoms with van der Waals surface area (Å²) in [6.07, 6.45) is 21.1. The Balaban J connectivity index is 1.26. The lowest BCUT2D eigenvalue weighted by atomic mass is 10.1. The molecule has 0 aliphatic carbocycles. The first-order valence-electron chi connectivity index (χ1n) is 20.2. The zero-order chi connectivity index (χ0) is 37.6. The molecule has 2 aliphatic heterocycles. The number of aromatic nitrogens is 2. The summed E-state index contributed by atoms with van der Waals surface area (Å²) in [6, 6.07) is 19.3. The van der Waals surface area contributed by atoms with E-state index in [2.05, 4.69) is 104 Å². The molecule has 0 amide bonds. The molecule has 3 N–H and O–H groups in total. The number of rotatable bonds is 25. The van der Waals surface area contributed by atoms with Gasteiger partial charge in [0.05, 0.1) is 24.0 Å². The Hall–Kier alpha value is -3.93. The van der Waals surface area contributed by atoms with Crippen molar-refractivity contribution in [1.29, 1.82) is 0 Å². The zero-order valence-electron chi connectivity index (χ0n) is 32.8. The van der Waals surface area contributed by atoms with Crippen LogP contribution in [0.5, 0.6) is 5.75 Å². The van der Waals surface area contributed by atoms with Gasteiger partial charge in [0.1, 0.15) is 12.0 Å². The molecule has 54 heavy (non-hydrogen) atoms. The molecular weight excluding hydrogens is 673 g/mol. The van der Waals surface area contributed by atoms with Gasteiger partial charge in [0.2, 0.25) is 0 Å². The van der Waals surface area contributed by atoms with Crippen molar-refractivity contribution in [1.82, 2.24) is 35.3 Å². The van der Waals surface area contributed by atoms with E-state index in [0.717, 1.165) is 121 Å². The number of ether oxygens (including phenoxy) is 1.